The first-order valence-electron chi connectivity index (χ1n) is 7.08. The van der Waals surface area contributed by atoms with E-state index in [1.807, 2.05) is 54.6 Å². The van der Waals surface area contributed by atoms with Gasteiger partial charge in [0.2, 0.25) is 5.91 Å². The highest BCUT2D eigenvalue weighted by Crippen LogP contribution is 2.57. The van der Waals surface area contributed by atoms with Crippen LogP contribution >= 0.6 is 11.8 Å². The first-order valence-corrected chi connectivity index (χ1v) is 8.07. The molecule has 0 aliphatic carbocycles. The molecule has 2 heterocycles. The standard InChI is InChI=1S/C17H14N2O2S/c18-15(20)14-10-22-17(11-6-2-1-3-7-11)13-9-5-4-8-12(13)16(21)19(14)17/h1-9,14H,10H2,(H2,18,20). The van der Waals surface area contributed by atoms with E-state index in [1.165, 1.54) is 0 Å². The largest absolute Gasteiger partial charge is 0.368 e. The minimum atomic E-state index is -0.644. The molecule has 22 heavy (non-hydrogen) atoms. The van der Waals surface area contributed by atoms with Crippen LogP contribution in [-0.2, 0) is 9.67 Å². The third-order valence-corrected chi connectivity index (χ3v) is 5.89. The number of benzene rings is 2. The summed E-state index contributed by atoms with van der Waals surface area (Å²) in [5.74, 6) is -0.0516. The van der Waals surface area contributed by atoms with E-state index in [0.717, 1.165) is 11.1 Å². The number of rotatable bonds is 2. The van der Waals surface area contributed by atoms with E-state index in [0.29, 0.717) is 11.3 Å². The Hall–Kier alpha value is -2.27. The second-order valence-electron chi connectivity index (χ2n) is 5.46. The zero-order valence-electron chi connectivity index (χ0n) is 11.7. The summed E-state index contributed by atoms with van der Waals surface area (Å²) in [6.45, 7) is 0. The fourth-order valence-corrected chi connectivity index (χ4v) is 5.10. The highest BCUT2D eigenvalue weighted by Gasteiger charge is 2.59. The fourth-order valence-electron chi connectivity index (χ4n) is 3.40. The number of nitrogens with two attached hydrogens (primary N) is 1. The lowest BCUT2D eigenvalue weighted by Crippen LogP contribution is -2.49. The molecule has 110 valence electrons. The van der Waals surface area contributed by atoms with Crippen LogP contribution in [0.2, 0.25) is 0 Å². The minimum absolute atomic E-state index is 0.117. The zero-order chi connectivity index (χ0) is 15.3. The molecule has 2 aliphatic rings. The number of fused-ring (bicyclic) bond motifs is 3. The van der Waals surface area contributed by atoms with Crippen LogP contribution in [0.3, 0.4) is 0 Å². The van der Waals surface area contributed by atoms with Crippen LogP contribution in [0.15, 0.2) is 54.6 Å². The number of primary amides is 1. The third-order valence-electron chi connectivity index (χ3n) is 4.34. The van der Waals surface area contributed by atoms with E-state index in [1.54, 1.807) is 16.7 Å². The van der Waals surface area contributed by atoms with Gasteiger partial charge in [0.05, 0.1) is 0 Å². The SMILES string of the molecule is NC(=O)C1CSC2(c3ccccc3)c3ccccc3C(=O)N12. The molecule has 2 N–H and O–H groups in total. The summed E-state index contributed by atoms with van der Waals surface area (Å²) < 4.78 is 0. The molecular weight excluding hydrogens is 296 g/mol. The van der Waals surface area contributed by atoms with Crippen molar-refractivity contribution in [3.63, 3.8) is 0 Å². The Morgan fingerprint density at radius 1 is 1.14 bits per heavy atom. The van der Waals surface area contributed by atoms with Gasteiger partial charge in [0.15, 0.2) is 0 Å². The molecule has 4 rings (SSSR count). The summed E-state index contributed by atoms with van der Waals surface area (Å²) in [5, 5.41) is 0. The van der Waals surface area contributed by atoms with Gasteiger partial charge in [0.1, 0.15) is 10.9 Å². The molecule has 2 aliphatic heterocycles. The number of amides is 2. The number of hydrogen-bond donors (Lipinski definition) is 1. The van der Waals surface area contributed by atoms with Gasteiger partial charge < -0.3 is 10.6 Å². The number of hydrogen-bond acceptors (Lipinski definition) is 3. The lowest BCUT2D eigenvalue weighted by molar-refractivity contribution is -0.121. The van der Waals surface area contributed by atoms with Crippen molar-refractivity contribution < 1.29 is 9.59 Å². The van der Waals surface area contributed by atoms with Crippen molar-refractivity contribution in [1.29, 1.82) is 0 Å². The molecular formula is C17H14N2O2S. The fraction of sp³-hybridized carbons (Fsp3) is 0.176. The molecule has 0 radical (unpaired) electrons. The molecule has 2 unspecified atom stereocenters. The molecule has 2 amide bonds. The van der Waals surface area contributed by atoms with Crippen LogP contribution in [0.1, 0.15) is 21.5 Å². The summed E-state index contributed by atoms with van der Waals surface area (Å²) in [7, 11) is 0. The third kappa shape index (κ3) is 1.54. The first-order chi connectivity index (χ1) is 10.7. The summed E-state index contributed by atoms with van der Waals surface area (Å²) in [4.78, 5) is 25.7. The summed E-state index contributed by atoms with van der Waals surface area (Å²) in [6.07, 6.45) is 0. The molecule has 4 nitrogen and oxygen atoms in total. The number of thioether (sulfide) groups is 1. The highest BCUT2D eigenvalue weighted by molar-refractivity contribution is 8.00. The maximum Gasteiger partial charge on any atom is 0.256 e. The van der Waals surface area contributed by atoms with Crippen LogP contribution in [0.4, 0.5) is 0 Å². The Bertz CT molecular complexity index is 777. The molecule has 0 saturated carbocycles. The maximum atomic E-state index is 12.9. The average molecular weight is 310 g/mol. The Kier molecular flexibility index (Phi) is 2.81. The normalized spacial score (nSPS) is 25.9. The quantitative estimate of drug-likeness (QED) is 0.922. The monoisotopic (exact) mass is 310 g/mol. The van der Waals surface area contributed by atoms with Gasteiger partial charge in [-0.15, -0.1) is 11.8 Å². The number of carbonyl (C=O) groups excluding carboxylic acids is 2. The predicted molar refractivity (Wildman–Crippen MR) is 85.3 cm³/mol. The Labute approximate surface area is 132 Å². The topological polar surface area (TPSA) is 63.4 Å². The van der Waals surface area contributed by atoms with Gasteiger partial charge in [-0.25, -0.2) is 0 Å². The van der Waals surface area contributed by atoms with Crippen molar-refractivity contribution in [3.05, 3.63) is 71.3 Å². The number of carbonyl (C=O) groups is 2. The zero-order valence-corrected chi connectivity index (χ0v) is 12.5. The molecule has 1 fully saturated rings. The molecule has 1 saturated heterocycles. The summed E-state index contributed by atoms with van der Waals surface area (Å²) in [5.41, 5.74) is 8.15. The molecule has 0 aromatic heterocycles. The van der Waals surface area contributed by atoms with Crippen molar-refractivity contribution in [2.75, 3.05) is 5.75 Å². The molecule has 2 atom stereocenters. The predicted octanol–water partition coefficient (Wildman–Crippen LogP) is 1.94. The smallest absolute Gasteiger partial charge is 0.256 e. The van der Waals surface area contributed by atoms with Gasteiger partial charge in [-0.3, -0.25) is 9.59 Å². The van der Waals surface area contributed by atoms with Gasteiger partial charge in [-0.05, 0) is 11.6 Å². The van der Waals surface area contributed by atoms with E-state index >= 15 is 0 Å². The van der Waals surface area contributed by atoms with Crippen LogP contribution in [0.5, 0.6) is 0 Å². The molecule has 0 spiro atoms. The molecule has 5 heteroatoms. The van der Waals surface area contributed by atoms with E-state index in [9.17, 15) is 9.59 Å². The molecule has 2 aromatic rings. The van der Waals surface area contributed by atoms with Gasteiger partial charge >= 0.3 is 0 Å². The lowest BCUT2D eigenvalue weighted by Gasteiger charge is -2.34. The molecule has 0 bridgehead atoms. The summed E-state index contributed by atoms with van der Waals surface area (Å²) >= 11 is 1.60. The van der Waals surface area contributed by atoms with E-state index < -0.39 is 16.8 Å². The van der Waals surface area contributed by atoms with Gasteiger partial charge in [0, 0.05) is 16.9 Å². The second-order valence-corrected chi connectivity index (χ2v) is 6.67. The van der Waals surface area contributed by atoms with Crippen LogP contribution < -0.4 is 5.73 Å². The van der Waals surface area contributed by atoms with Crippen molar-refractivity contribution in [2.45, 2.75) is 10.9 Å². The first kappa shape index (κ1) is 13.4. The van der Waals surface area contributed by atoms with Gasteiger partial charge in [0.25, 0.3) is 5.91 Å². The van der Waals surface area contributed by atoms with Crippen LogP contribution in [0, 0.1) is 0 Å². The Morgan fingerprint density at radius 3 is 2.55 bits per heavy atom. The number of nitrogens with zero attached hydrogens (tertiary/aromatic N) is 1. The van der Waals surface area contributed by atoms with Gasteiger partial charge in [-0.2, -0.15) is 0 Å². The van der Waals surface area contributed by atoms with Crippen molar-refractivity contribution >= 4 is 23.6 Å². The minimum Gasteiger partial charge on any atom is -0.368 e. The van der Waals surface area contributed by atoms with E-state index in [4.69, 9.17) is 5.73 Å². The Morgan fingerprint density at radius 2 is 1.82 bits per heavy atom. The van der Waals surface area contributed by atoms with Crippen LogP contribution in [0.25, 0.3) is 0 Å². The van der Waals surface area contributed by atoms with E-state index in [2.05, 4.69) is 0 Å². The van der Waals surface area contributed by atoms with E-state index in [-0.39, 0.29) is 5.91 Å². The van der Waals surface area contributed by atoms with Crippen LogP contribution in [-0.4, -0.2) is 28.5 Å². The van der Waals surface area contributed by atoms with Gasteiger partial charge in [-0.1, -0.05) is 48.5 Å². The highest BCUT2D eigenvalue weighted by atomic mass is 32.2. The molecule has 2 aromatic carbocycles. The Balaban J connectivity index is 2.00. The maximum absolute atomic E-state index is 12.9. The summed E-state index contributed by atoms with van der Waals surface area (Å²) in [6, 6.07) is 16.8. The average Bonchev–Trinajstić information content (AvgIpc) is 3.06. The second kappa shape index (κ2) is 4.61. The van der Waals surface area contributed by atoms with Crippen molar-refractivity contribution in [2.24, 2.45) is 5.73 Å². The van der Waals surface area contributed by atoms with Crippen molar-refractivity contribution in [3.8, 4) is 0 Å². The van der Waals surface area contributed by atoms with Crippen molar-refractivity contribution in [1.82, 2.24) is 4.90 Å². The lowest BCUT2D eigenvalue weighted by atomic mass is 9.96.